The minimum Gasteiger partial charge on any atom is -0.402 e. The van der Waals surface area contributed by atoms with Crippen molar-refractivity contribution in [1.82, 2.24) is 0 Å². The summed E-state index contributed by atoms with van der Waals surface area (Å²) < 4.78 is 18.3. The molecule has 1 heterocycles. The van der Waals surface area contributed by atoms with Gasteiger partial charge in [0.1, 0.15) is 0 Å². The maximum atomic E-state index is 6.94. The molecule has 0 aromatic heterocycles. The van der Waals surface area contributed by atoms with Crippen LogP contribution < -0.4 is 15.6 Å². The van der Waals surface area contributed by atoms with Gasteiger partial charge in [0.25, 0.3) is 8.32 Å². The van der Waals surface area contributed by atoms with Crippen LogP contribution in [0, 0.1) is 0 Å². The SMILES string of the molecule is CO[C@H]1C=CC[C@@H](CO[Si](c2ccccc2)(c2ccccc2)c2ccccc2)O1. The molecule has 148 valence electrons. The fourth-order valence-corrected chi connectivity index (χ4v) is 7.78. The molecular weight excluding hydrogens is 376 g/mol. The third-order valence-corrected chi connectivity index (χ3v) is 9.32. The van der Waals surface area contributed by atoms with Crippen molar-refractivity contribution < 1.29 is 13.9 Å². The summed E-state index contributed by atoms with van der Waals surface area (Å²) in [5.74, 6) is 0. The van der Waals surface area contributed by atoms with Crippen LogP contribution >= 0.6 is 0 Å². The molecule has 0 radical (unpaired) electrons. The molecule has 0 spiro atoms. The molecule has 1 aliphatic rings. The topological polar surface area (TPSA) is 27.7 Å². The van der Waals surface area contributed by atoms with Crippen LogP contribution in [0.3, 0.4) is 0 Å². The Labute approximate surface area is 173 Å². The predicted octanol–water partition coefficient (Wildman–Crippen LogP) is 2.99. The quantitative estimate of drug-likeness (QED) is 0.345. The molecule has 4 rings (SSSR count). The Morgan fingerprint density at radius 2 is 1.28 bits per heavy atom. The van der Waals surface area contributed by atoms with Crippen molar-refractivity contribution in [2.75, 3.05) is 13.7 Å². The highest BCUT2D eigenvalue weighted by Gasteiger charge is 2.42. The van der Waals surface area contributed by atoms with Gasteiger partial charge in [-0.1, -0.05) is 97.1 Å². The van der Waals surface area contributed by atoms with Gasteiger partial charge in [0.2, 0.25) is 0 Å². The lowest BCUT2D eigenvalue weighted by Gasteiger charge is -2.35. The first-order valence-electron chi connectivity index (χ1n) is 9.98. The molecule has 2 atom stereocenters. The summed E-state index contributed by atoms with van der Waals surface area (Å²) in [5, 5.41) is 3.69. The molecule has 0 saturated heterocycles. The van der Waals surface area contributed by atoms with E-state index >= 15 is 0 Å². The first-order valence-corrected chi connectivity index (χ1v) is 11.9. The minimum atomic E-state index is -2.68. The smallest absolute Gasteiger partial charge is 0.288 e. The molecule has 3 aromatic rings. The molecule has 3 aromatic carbocycles. The van der Waals surface area contributed by atoms with Crippen molar-refractivity contribution in [3.8, 4) is 0 Å². The van der Waals surface area contributed by atoms with E-state index in [9.17, 15) is 0 Å². The number of benzene rings is 3. The Kier molecular flexibility index (Phi) is 6.37. The number of hydrogen-bond donors (Lipinski definition) is 0. The van der Waals surface area contributed by atoms with E-state index in [-0.39, 0.29) is 12.4 Å². The van der Waals surface area contributed by atoms with Crippen molar-refractivity contribution in [1.29, 1.82) is 0 Å². The van der Waals surface area contributed by atoms with Crippen LogP contribution in [0.4, 0.5) is 0 Å². The zero-order valence-electron chi connectivity index (χ0n) is 16.6. The second-order valence-electron chi connectivity index (χ2n) is 7.12. The van der Waals surface area contributed by atoms with Crippen molar-refractivity contribution in [3.63, 3.8) is 0 Å². The van der Waals surface area contributed by atoms with E-state index in [4.69, 9.17) is 13.9 Å². The normalized spacial score (nSPS) is 19.2. The molecule has 0 aliphatic carbocycles. The number of rotatable bonds is 7. The number of ether oxygens (including phenoxy) is 2. The average molecular weight is 403 g/mol. The van der Waals surface area contributed by atoms with E-state index in [0.29, 0.717) is 6.61 Å². The third kappa shape index (κ3) is 4.26. The fourth-order valence-electron chi connectivity index (χ4n) is 3.86. The van der Waals surface area contributed by atoms with Crippen LogP contribution in [0.5, 0.6) is 0 Å². The summed E-state index contributed by atoms with van der Waals surface area (Å²) >= 11 is 0. The minimum absolute atomic E-state index is 0.0343. The van der Waals surface area contributed by atoms with Gasteiger partial charge in [-0.05, 0) is 28.1 Å². The highest BCUT2D eigenvalue weighted by atomic mass is 28.4. The zero-order chi connectivity index (χ0) is 19.9. The Morgan fingerprint density at radius 3 is 1.72 bits per heavy atom. The fraction of sp³-hybridized carbons (Fsp3) is 0.200. The van der Waals surface area contributed by atoms with Gasteiger partial charge in [0.15, 0.2) is 6.29 Å². The van der Waals surface area contributed by atoms with Crippen molar-refractivity contribution in [3.05, 3.63) is 103 Å². The maximum Gasteiger partial charge on any atom is 0.288 e. The largest absolute Gasteiger partial charge is 0.402 e. The molecule has 0 amide bonds. The van der Waals surface area contributed by atoms with Crippen LogP contribution in [-0.2, 0) is 13.9 Å². The maximum absolute atomic E-state index is 6.94. The van der Waals surface area contributed by atoms with E-state index in [1.54, 1.807) is 7.11 Å². The Hall–Kier alpha value is -2.50. The lowest BCUT2D eigenvalue weighted by molar-refractivity contribution is -0.140. The molecule has 4 heteroatoms. The van der Waals surface area contributed by atoms with Crippen LogP contribution in [-0.4, -0.2) is 34.4 Å². The molecule has 29 heavy (non-hydrogen) atoms. The van der Waals surface area contributed by atoms with E-state index in [0.717, 1.165) is 6.42 Å². The average Bonchev–Trinajstić information content (AvgIpc) is 2.82. The van der Waals surface area contributed by atoms with Gasteiger partial charge in [0, 0.05) is 7.11 Å². The predicted molar refractivity (Wildman–Crippen MR) is 119 cm³/mol. The van der Waals surface area contributed by atoms with Crippen molar-refractivity contribution >= 4 is 23.9 Å². The highest BCUT2D eigenvalue weighted by molar-refractivity contribution is 7.07. The third-order valence-electron chi connectivity index (χ3n) is 5.28. The Bertz CT molecular complexity index is 816. The van der Waals surface area contributed by atoms with Gasteiger partial charge in [-0.25, -0.2) is 0 Å². The second-order valence-corrected chi connectivity index (χ2v) is 10.5. The van der Waals surface area contributed by atoms with Gasteiger partial charge in [0.05, 0.1) is 12.7 Å². The lowest BCUT2D eigenvalue weighted by Crippen LogP contribution is -2.69. The van der Waals surface area contributed by atoms with E-state index in [1.165, 1.54) is 15.6 Å². The summed E-state index contributed by atoms with van der Waals surface area (Å²) in [4.78, 5) is 0. The number of methoxy groups -OCH3 is 1. The zero-order valence-corrected chi connectivity index (χ0v) is 17.6. The van der Waals surface area contributed by atoms with E-state index in [2.05, 4.69) is 97.1 Å². The number of hydrogen-bond acceptors (Lipinski definition) is 3. The first-order chi connectivity index (χ1) is 14.3. The molecular formula is C25H26O3Si. The van der Waals surface area contributed by atoms with Crippen molar-refractivity contribution in [2.45, 2.75) is 18.8 Å². The second kappa shape index (κ2) is 9.33. The van der Waals surface area contributed by atoms with E-state index in [1.807, 2.05) is 6.08 Å². The van der Waals surface area contributed by atoms with Crippen LogP contribution in [0.15, 0.2) is 103 Å². The first kappa shape index (κ1) is 19.8. The molecule has 0 unspecified atom stereocenters. The molecule has 3 nitrogen and oxygen atoms in total. The molecule has 0 N–H and O–H groups in total. The van der Waals surface area contributed by atoms with Crippen LogP contribution in [0.2, 0.25) is 0 Å². The molecule has 0 saturated carbocycles. The monoisotopic (exact) mass is 402 g/mol. The highest BCUT2D eigenvalue weighted by Crippen LogP contribution is 2.16. The van der Waals surface area contributed by atoms with E-state index < -0.39 is 8.32 Å². The summed E-state index contributed by atoms with van der Waals surface area (Å²) in [6.45, 7) is 0.509. The Morgan fingerprint density at radius 1 is 0.793 bits per heavy atom. The molecule has 0 bridgehead atoms. The van der Waals surface area contributed by atoms with Crippen molar-refractivity contribution in [2.24, 2.45) is 0 Å². The standard InChI is InChI=1S/C25H26O3Si/c1-26-25-19-11-12-21(28-25)20-27-29(22-13-5-2-6-14-22,23-15-7-3-8-16-23)24-17-9-4-10-18-24/h2-11,13-19,21,25H,12,20H2,1H3/t21-,25+/m0/s1. The summed E-state index contributed by atoms with van der Waals surface area (Å²) in [5.41, 5.74) is 0. The molecule has 1 aliphatic heterocycles. The summed E-state index contributed by atoms with van der Waals surface area (Å²) in [6, 6.07) is 31.8. The van der Waals surface area contributed by atoms with Gasteiger partial charge >= 0.3 is 0 Å². The summed E-state index contributed by atoms with van der Waals surface area (Å²) in [6.07, 6.45) is 4.55. The van der Waals surface area contributed by atoms with Gasteiger partial charge in [-0.15, -0.1) is 0 Å². The molecule has 0 fully saturated rings. The van der Waals surface area contributed by atoms with Gasteiger partial charge in [-0.2, -0.15) is 0 Å². The van der Waals surface area contributed by atoms with Gasteiger partial charge in [-0.3, -0.25) is 0 Å². The summed E-state index contributed by atoms with van der Waals surface area (Å²) in [7, 11) is -1.02. The van der Waals surface area contributed by atoms with Gasteiger partial charge < -0.3 is 13.9 Å². The van der Waals surface area contributed by atoms with Crippen LogP contribution in [0.25, 0.3) is 0 Å². The lowest BCUT2D eigenvalue weighted by atomic mass is 10.2. The Balaban J connectivity index is 1.77. The van der Waals surface area contributed by atoms with Crippen LogP contribution in [0.1, 0.15) is 6.42 Å².